The lowest BCUT2D eigenvalue weighted by Gasteiger charge is -2.49. The molecule has 8 nitrogen and oxygen atoms in total. The summed E-state index contributed by atoms with van der Waals surface area (Å²) in [4.78, 5) is 24.1. The van der Waals surface area contributed by atoms with Crippen LogP contribution in [0.2, 0.25) is 0 Å². The first-order valence-corrected chi connectivity index (χ1v) is 11.7. The van der Waals surface area contributed by atoms with Crippen molar-refractivity contribution < 1.29 is 14.3 Å². The van der Waals surface area contributed by atoms with Crippen LogP contribution in [0.25, 0.3) is 11.3 Å². The van der Waals surface area contributed by atoms with Crippen molar-refractivity contribution in [2.45, 2.75) is 51.6 Å². The number of piperidine rings is 3. The Morgan fingerprint density at radius 1 is 1.18 bits per heavy atom. The highest BCUT2D eigenvalue weighted by Crippen LogP contribution is 2.42. The molecule has 0 radical (unpaired) electrons. The second-order valence-corrected chi connectivity index (χ2v) is 9.34. The van der Waals surface area contributed by atoms with Crippen molar-refractivity contribution in [2.75, 3.05) is 33.9 Å². The zero-order valence-corrected chi connectivity index (χ0v) is 20.2. The number of aromatic nitrogens is 2. The highest BCUT2D eigenvalue weighted by atomic mass is 16.5. The number of hydrogen-bond acceptors (Lipinski definition) is 6. The molecule has 4 atom stereocenters. The standard InChI is InChI=1S/C25H35N5O3/c1-15(2)27-25(31)26-13-19-10-17-8-9-30(19)14-20(17)22-12-21(28-16(3)29-22)18-6-7-23(32-4)24(11-18)33-5/h6-7,11-12,15,17,19-20H,8-10,13-14H2,1-5H3,(H2,26,27,31)/t17-,19-,20+/m1/s1. The molecule has 3 aliphatic rings. The van der Waals surface area contributed by atoms with E-state index in [-0.39, 0.29) is 12.1 Å². The summed E-state index contributed by atoms with van der Waals surface area (Å²) in [6.45, 7) is 8.61. The van der Waals surface area contributed by atoms with E-state index in [2.05, 4.69) is 21.6 Å². The van der Waals surface area contributed by atoms with Gasteiger partial charge >= 0.3 is 6.03 Å². The SMILES string of the molecule is COc1ccc(-c2cc([C@H]3CN4CC[C@@H]3C[C@@H]4CNC(=O)NC(C)C)nc(C)n2)cc1OC. The van der Waals surface area contributed by atoms with E-state index in [0.717, 1.165) is 48.7 Å². The summed E-state index contributed by atoms with van der Waals surface area (Å²) in [6, 6.07) is 8.44. The molecule has 5 rings (SSSR count). The second-order valence-electron chi connectivity index (χ2n) is 9.34. The summed E-state index contributed by atoms with van der Waals surface area (Å²) in [5.41, 5.74) is 2.99. The van der Waals surface area contributed by atoms with Gasteiger partial charge in [-0.05, 0) is 70.3 Å². The Hall–Kier alpha value is -2.87. The van der Waals surface area contributed by atoms with Crippen molar-refractivity contribution in [3.63, 3.8) is 0 Å². The van der Waals surface area contributed by atoms with Gasteiger partial charge in [-0.3, -0.25) is 4.90 Å². The van der Waals surface area contributed by atoms with Crippen LogP contribution in [0, 0.1) is 12.8 Å². The molecule has 4 heterocycles. The first kappa shape index (κ1) is 23.3. The van der Waals surface area contributed by atoms with Crippen LogP contribution >= 0.6 is 0 Å². The first-order chi connectivity index (χ1) is 15.9. The third kappa shape index (κ3) is 5.21. The van der Waals surface area contributed by atoms with Crippen molar-refractivity contribution >= 4 is 6.03 Å². The molecule has 3 aliphatic heterocycles. The van der Waals surface area contributed by atoms with Crippen LogP contribution < -0.4 is 20.1 Å². The summed E-state index contributed by atoms with van der Waals surface area (Å²) >= 11 is 0. The molecule has 0 saturated carbocycles. The first-order valence-electron chi connectivity index (χ1n) is 11.7. The molecule has 178 valence electrons. The molecule has 0 aliphatic carbocycles. The molecule has 1 aromatic carbocycles. The van der Waals surface area contributed by atoms with Gasteiger partial charge < -0.3 is 20.1 Å². The molecule has 1 aromatic heterocycles. The number of rotatable bonds is 7. The minimum atomic E-state index is -0.0878. The van der Waals surface area contributed by atoms with Crippen molar-refractivity contribution in [2.24, 2.45) is 5.92 Å². The normalized spacial score (nSPS) is 23.9. The molecular formula is C25H35N5O3. The third-order valence-corrected chi connectivity index (χ3v) is 6.71. The van der Waals surface area contributed by atoms with Crippen molar-refractivity contribution in [3.8, 4) is 22.8 Å². The number of nitrogens with one attached hydrogen (secondary N) is 2. The molecule has 2 bridgehead atoms. The van der Waals surface area contributed by atoms with Crippen molar-refractivity contribution in [1.29, 1.82) is 0 Å². The van der Waals surface area contributed by atoms with Gasteiger partial charge in [-0.15, -0.1) is 0 Å². The molecule has 33 heavy (non-hydrogen) atoms. The number of ether oxygens (including phenoxy) is 2. The quantitative estimate of drug-likeness (QED) is 0.668. The Bertz CT molecular complexity index is 996. The summed E-state index contributed by atoms with van der Waals surface area (Å²) in [5, 5.41) is 5.95. The number of urea groups is 1. The average molecular weight is 454 g/mol. The molecular weight excluding hydrogens is 418 g/mol. The molecule has 0 spiro atoms. The van der Waals surface area contributed by atoms with Gasteiger partial charge in [0.25, 0.3) is 0 Å². The summed E-state index contributed by atoms with van der Waals surface area (Å²) in [5.74, 6) is 3.10. The van der Waals surface area contributed by atoms with Gasteiger partial charge in [-0.1, -0.05) is 0 Å². The maximum Gasteiger partial charge on any atom is 0.315 e. The number of fused-ring (bicyclic) bond motifs is 3. The minimum Gasteiger partial charge on any atom is -0.493 e. The fraction of sp³-hybridized carbons (Fsp3) is 0.560. The Kier molecular flexibility index (Phi) is 7.02. The minimum absolute atomic E-state index is 0.0878. The molecule has 2 amide bonds. The Labute approximate surface area is 196 Å². The zero-order valence-electron chi connectivity index (χ0n) is 20.2. The molecule has 3 saturated heterocycles. The number of carbonyl (C=O) groups excluding carboxylic acids is 1. The van der Waals surface area contributed by atoms with E-state index < -0.39 is 0 Å². The highest BCUT2D eigenvalue weighted by molar-refractivity contribution is 5.74. The molecule has 2 N–H and O–H groups in total. The van der Waals surface area contributed by atoms with Gasteiger partial charge in [0.2, 0.25) is 0 Å². The molecule has 2 aromatic rings. The number of carbonyl (C=O) groups is 1. The predicted octanol–water partition coefficient (Wildman–Crippen LogP) is 3.35. The third-order valence-electron chi connectivity index (χ3n) is 6.71. The lowest BCUT2D eigenvalue weighted by Crippen LogP contribution is -2.57. The maximum atomic E-state index is 12.0. The van der Waals surface area contributed by atoms with Crippen LogP contribution in [0.4, 0.5) is 4.79 Å². The lowest BCUT2D eigenvalue weighted by atomic mass is 9.74. The lowest BCUT2D eigenvalue weighted by molar-refractivity contribution is 0.0304. The summed E-state index contributed by atoms with van der Waals surface area (Å²) < 4.78 is 10.9. The smallest absolute Gasteiger partial charge is 0.315 e. The predicted molar refractivity (Wildman–Crippen MR) is 128 cm³/mol. The van der Waals surface area contributed by atoms with Gasteiger partial charge in [0.1, 0.15) is 5.82 Å². The van der Waals surface area contributed by atoms with Crippen LogP contribution in [0.5, 0.6) is 11.5 Å². The van der Waals surface area contributed by atoms with Crippen LogP contribution in [-0.2, 0) is 0 Å². The topological polar surface area (TPSA) is 88.6 Å². The summed E-state index contributed by atoms with van der Waals surface area (Å²) in [7, 11) is 3.28. The zero-order chi connectivity index (χ0) is 23.5. The van der Waals surface area contributed by atoms with Gasteiger partial charge in [-0.25, -0.2) is 14.8 Å². The number of amides is 2. The second kappa shape index (κ2) is 9.95. The van der Waals surface area contributed by atoms with Gasteiger partial charge in [0.15, 0.2) is 11.5 Å². The van der Waals surface area contributed by atoms with Crippen LogP contribution in [-0.4, -0.2) is 66.8 Å². The van der Waals surface area contributed by atoms with Crippen LogP contribution in [0.3, 0.4) is 0 Å². The van der Waals surface area contributed by atoms with Crippen molar-refractivity contribution in [1.82, 2.24) is 25.5 Å². The van der Waals surface area contributed by atoms with Gasteiger partial charge in [0, 0.05) is 42.3 Å². The van der Waals surface area contributed by atoms with E-state index in [1.54, 1.807) is 14.2 Å². The van der Waals surface area contributed by atoms with Gasteiger partial charge in [0.05, 0.1) is 19.9 Å². The van der Waals surface area contributed by atoms with E-state index in [4.69, 9.17) is 19.4 Å². The van der Waals surface area contributed by atoms with E-state index >= 15 is 0 Å². The van der Waals surface area contributed by atoms with Crippen LogP contribution in [0.15, 0.2) is 24.3 Å². The van der Waals surface area contributed by atoms with E-state index in [1.807, 2.05) is 39.0 Å². The fourth-order valence-corrected chi connectivity index (χ4v) is 5.13. The Morgan fingerprint density at radius 3 is 2.64 bits per heavy atom. The molecule has 1 unspecified atom stereocenters. The van der Waals surface area contributed by atoms with Gasteiger partial charge in [-0.2, -0.15) is 0 Å². The van der Waals surface area contributed by atoms with Crippen molar-refractivity contribution in [3.05, 3.63) is 35.8 Å². The maximum absolute atomic E-state index is 12.0. The van der Waals surface area contributed by atoms with E-state index in [0.29, 0.717) is 35.9 Å². The molecule has 8 heteroatoms. The Morgan fingerprint density at radius 2 is 1.97 bits per heavy atom. The number of hydrogen-bond donors (Lipinski definition) is 2. The number of methoxy groups -OCH3 is 2. The largest absolute Gasteiger partial charge is 0.493 e. The number of aryl methyl sites for hydroxylation is 1. The monoisotopic (exact) mass is 453 g/mol. The number of benzene rings is 1. The van der Waals surface area contributed by atoms with E-state index in [1.165, 1.54) is 0 Å². The van der Waals surface area contributed by atoms with Crippen LogP contribution in [0.1, 0.15) is 44.1 Å². The Balaban J connectivity index is 1.50. The molecule has 3 fully saturated rings. The fourth-order valence-electron chi connectivity index (χ4n) is 5.13. The summed E-state index contributed by atoms with van der Waals surface area (Å²) in [6.07, 6.45) is 2.23. The highest BCUT2D eigenvalue weighted by Gasteiger charge is 2.41. The average Bonchev–Trinajstić information content (AvgIpc) is 2.81. The number of nitrogens with zero attached hydrogens (tertiary/aromatic N) is 3. The van der Waals surface area contributed by atoms with E-state index in [9.17, 15) is 4.79 Å².